The van der Waals surface area contributed by atoms with Crippen molar-refractivity contribution in [2.75, 3.05) is 19.0 Å². The maximum Gasteiger partial charge on any atom is 0.414 e. The summed E-state index contributed by atoms with van der Waals surface area (Å²) >= 11 is 11.8. The number of carbonyl (C=O) groups excluding carboxylic acids is 1. The van der Waals surface area contributed by atoms with Crippen molar-refractivity contribution < 1.29 is 24.2 Å². The fourth-order valence-corrected chi connectivity index (χ4v) is 4.61. The highest BCUT2D eigenvalue weighted by molar-refractivity contribution is 7.81. The van der Waals surface area contributed by atoms with Crippen molar-refractivity contribution in [1.29, 1.82) is 0 Å². The van der Waals surface area contributed by atoms with Crippen LogP contribution in [-0.4, -0.2) is 50.6 Å². The second-order valence-corrected chi connectivity index (χ2v) is 9.28. The summed E-state index contributed by atoms with van der Waals surface area (Å²) in [5.41, 5.74) is 2.53. The van der Waals surface area contributed by atoms with Gasteiger partial charge in [-0.05, 0) is 37.3 Å². The number of methoxy groups -OCH3 is 1. The smallest absolute Gasteiger partial charge is 0.414 e. The van der Waals surface area contributed by atoms with E-state index in [1.165, 1.54) is 7.11 Å². The molecule has 3 aromatic rings. The number of rotatable bonds is 9. The zero-order valence-corrected chi connectivity index (χ0v) is 22.8. The van der Waals surface area contributed by atoms with E-state index in [0.29, 0.717) is 27.9 Å². The molecule has 0 bridgehead atoms. The standard InChI is InChI=1S/C27H26ClN5O5S/c1-16(19-7-3-4-11-30-19)38-22-15-29-12-9-17(22)14-31-20-10-13-33(27(35)36)26(34)23(20)25(39)32-21-8-5-6-18(28)24(21)37-2/h3-9,11-12,15-16,31H,10,13-14H2,1-2H3,(H,32,39)(H,35,36). The number of para-hydroxylation sites is 1. The number of pyridine rings is 2. The molecule has 0 fully saturated rings. The van der Waals surface area contributed by atoms with Crippen LogP contribution in [-0.2, 0) is 11.3 Å². The summed E-state index contributed by atoms with van der Waals surface area (Å²) in [6.07, 6.45) is 3.52. The van der Waals surface area contributed by atoms with Crippen LogP contribution < -0.4 is 20.1 Å². The quantitative estimate of drug-likeness (QED) is 0.305. The number of imide groups is 1. The van der Waals surface area contributed by atoms with Gasteiger partial charge in [-0.25, -0.2) is 9.69 Å². The van der Waals surface area contributed by atoms with Crippen LogP contribution in [0.5, 0.6) is 11.5 Å². The van der Waals surface area contributed by atoms with Crippen LogP contribution in [0.2, 0.25) is 5.02 Å². The van der Waals surface area contributed by atoms with Crippen LogP contribution in [0, 0.1) is 0 Å². The minimum absolute atomic E-state index is 0.0144. The zero-order chi connectivity index (χ0) is 27.9. The van der Waals surface area contributed by atoms with Gasteiger partial charge in [0.05, 0.1) is 35.3 Å². The predicted octanol–water partition coefficient (Wildman–Crippen LogP) is 4.97. The summed E-state index contributed by atoms with van der Waals surface area (Å²) in [5.74, 6) is 0.157. The molecule has 0 saturated heterocycles. The van der Waals surface area contributed by atoms with Crippen molar-refractivity contribution >= 4 is 46.5 Å². The fourth-order valence-electron chi connectivity index (χ4n) is 4.04. The first kappa shape index (κ1) is 27.8. The highest BCUT2D eigenvalue weighted by Crippen LogP contribution is 2.33. The number of anilines is 1. The van der Waals surface area contributed by atoms with Crippen LogP contribution in [0.25, 0.3) is 0 Å². The molecule has 2 amide bonds. The minimum Gasteiger partial charge on any atom is -0.493 e. The van der Waals surface area contributed by atoms with E-state index in [1.54, 1.807) is 42.9 Å². The van der Waals surface area contributed by atoms with E-state index in [0.717, 1.165) is 16.2 Å². The number of hydrogen-bond donors (Lipinski definition) is 3. The fraction of sp³-hybridized carbons (Fsp3) is 0.222. The number of hydrogen-bond acceptors (Lipinski definition) is 8. The van der Waals surface area contributed by atoms with E-state index in [4.69, 9.17) is 33.3 Å². The molecule has 4 rings (SSSR count). The molecule has 3 N–H and O–H groups in total. The Balaban J connectivity index is 1.60. The maximum absolute atomic E-state index is 13.2. The Bertz CT molecular complexity index is 1420. The third-order valence-electron chi connectivity index (χ3n) is 5.99. The van der Waals surface area contributed by atoms with Gasteiger partial charge in [-0.3, -0.25) is 14.8 Å². The number of carbonyl (C=O) groups is 2. The predicted molar refractivity (Wildman–Crippen MR) is 150 cm³/mol. The Morgan fingerprint density at radius 1 is 1.23 bits per heavy atom. The molecule has 1 atom stereocenters. The van der Waals surface area contributed by atoms with Crippen LogP contribution >= 0.6 is 23.8 Å². The first-order chi connectivity index (χ1) is 18.8. The molecule has 0 aliphatic carbocycles. The van der Waals surface area contributed by atoms with Crippen molar-refractivity contribution in [3.05, 3.63) is 88.6 Å². The van der Waals surface area contributed by atoms with E-state index < -0.39 is 12.0 Å². The monoisotopic (exact) mass is 567 g/mol. The summed E-state index contributed by atoms with van der Waals surface area (Å²) < 4.78 is 11.5. The van der Waals surface area contributed by atoms with Gasteiger partial charge in [0.1, 0.15) is 16.8 Å². The van der Waals surface area contributed by atoms with E-state index in [-0.39, 0.29) is 36.2 Å². The van der Waals surface area contributed by atoms with E-state index >= 15 is 0 Å². The molecule has 1 unspecified atom stereocenters. The second kappa shape index (κ2) is 12.5. The topological polar surface area (TPSA) is 126 Å². The molecule has 10 nitrogen and oxygen atoms in total. The first-order valence-electron chi connectivity index (χ1n) is 12.0. The average Bonchev–Trinajstić information content (AvgIpc) is 2.93. The van der Waals surface area contributed by atoms with Gasteiger partial charge in [0, 0.05) is 43.2 Å². The lowest BCUT2D eigenvalue weighted by Crippen LogP contribution is -2.45. The van der Waals surface area contributed by atoms with Crippen LogP contribution in [0.3, 0.4) is 0 Å². The largest absolute Gasteiger partial charge is 0.493 e. The molecule has 0 spiro atoms. The van der Waals surface area contributed by atoms with Gasteiger partial charge >= 0.3 is 6.09 Å². The molecule has 1 aromatic carbocycles. The Morgan fingerprint density at radius 3 is 2.77 bits per heavy atom. The summed E-state index contributed by atoms with van der Waals surface area (Å²) in [6, 6.07) is 12.4. The molecule has 2 aromatic heterocycles. The van der Waals surface area contributed by atoms with E-state index in [9.17, 15) is 14.7 Å². The number of amides is 2. The molecule has 12 heteroatoms. The normalized spacial score (nSPS) is 14.0. The zero-order valence-electron chi connectivity index (χ0n) is 21.2. The van der Waals surface area contributed by atoms with Gasteiger partial charge in [0.2, 0.25) is 0 Å². The number of benzene rings is 1. The third kappa shape index (κ3) is 6.44. The summed E-state index contributed by atoms with van der Waals surface area (Å²) in [4.78, 5) is 34.2. The van der Waals surface area contributed by atoms with Crippen molar-refractivity contribution in [1.82, 2.24) is 20.2 Å². The number of carboxylic acid groups (broad SMARTS) is 1. The molecule has 1 aliphatic rings. The summed E-state index contributed by atoms with van der Waals surface area (Å²) in [7, 11) is 1.46. The summed E-state index contributed by atoms with van der Waals surface area (Å²) in [6.45, 7) is 2.15. The molecule has 0 saturated carbocycles. The molecular weight excluding hydrogens is 542 g/mol. The molecule has 39 heavy (non-hydrogen) atoms. The number of aromatic nitrogens is 2. The molecule has 3 heterocycles. The Hall–Kier alpha value is -4.22. The van der Waals surface area contributed by atoms with Crippen molar-refractivity contribution in [3.63, 3.8) is 0 Å². The maximum atomic E-state index is 13.2. The van der Waals surface area contributed by atoms with Crippen molar-refractivity contribution in [3.8, 4) is 11.5 Å². The molecule has 202 valence electrons. The van der Waals surface area contributed by atoms with Crippen LogP contribution in [0.1, 0.15) is 30.7 Å². The van der Waals surface area contributed by atoms with Gasteiger partial charge in [0.15, 0.2) is 5.75 Å². The van der Waals surface area contributed by atoms with Gasteiger partial charge in [-0.1, -0.05) is 36.0 Å². The van der Waals surface area contributed by atoms with Crippen LogP contribution in [0.4, 0.5) is 10.5 Å². The van der Waals surface area contributed by atoms with Gasteiger partial charge in [-0.2, -0.15) is 0 Å². The molecule has 1 aliphatic heterocycles. The third-order valence-corrected chi connectivity index (χ3v) is 6.60. The SMILES string of the molecule is COc1c(Cl)cccc1NC(=S)C1=C(NCc2ccncc2OC(C)c2ccccn2)CCN(C(=O)O)C1=O. The lowest BCUT2D eigenvalue weighted by atomic mass is 10.0. The Kier molecular flexibility index (Phi) is 8.95. The Morgan fingerprint density at radius 2 is 2.05 bits per heavy atom. The number of nitrogens with zero attached hydrogens (tertiary/aromatic N) is 3. The number of ether oxygens (including phenoxy) is 2. The number of halogens is 1. The van der Waals surface area contributed by atoms with E-state index in [2.05, 4.69) is 20.6 Å². The number of nitrogens with one attached hydrogen (secondary N) is 2. The second-order valence-electron chi connectivity index (χ2n) is 8.47. The van der Waals surface area contributed by atoms with Gasteiger partial charge in [0.25, 0.3) is 5.91 Å². The van der Waals surface area contributed by atoms with Gasteiger partial charge < -0.3 is 25.2 Å². The highest BCUT2D eigenvalue weighted by atomic mass is 35.5. The molecule has 0 radical (unpaired) electrons. The van der Waals surface area contributed by atoms with Gasteiger partial charge in [-0.15, -0.1) is 0 Å². The lowest BCUT2D eigenvalue weighted by Gasteiger charge is -2.28. The van der Waals surface area contributed by atoms with Crippen LogP contribution in [0.15, 0.2) is 72.3 Å². The average molecular weight is 568 g/mol. The Labute approximate surface area is 235 Å². The van der Waals surface area contributed by atoms with Crippen molar-refractivity contribution in [2.45, 2.75) is 26.0 Å². The molecular formula is C27H26ClN5O5S. The summed E-state index contributed by atoms with van der Waals surface area (Å²) in [5, 5.41) is 16.2. The number of thiocarbonyl (C=S) groups is 1. The van der Waals surface area contributed by atoms with E-state index in [1.807, 2.05) is 25.1 Å². The lowest BCUT2D eigenvalue weighted by molar-refractivity contribution is -0.125. The highest BCUT2D eigenvalue weighted by Gasteiger charge is 2.34. The van der Waals surface area contributed by atoms with Crippen molar-refractivity contribution in [2.24, 2.45) is 0 Å². The minimum atomic E-state index is -1.35. The first-order valence-corrected chi connectivity index (χ1v) is 12.7.